The first-order chi connectivity index (χ1) is 4.27. The molecule has 0 atom stereocenters. The molecule has 0 spiro atoms. The molecule has 0 aromatic carbocycles. The third-order valence-electron chi connectivity index (χ3n) is 0.860. The van der Waals surface area contributed by atoms with Crippen LogP contribution in [0.1, 0.15) is 20.3 Å². The molecule has 1 heteroatoms. The van der Waals surface area contributed by atoms with Crippen LogP contribution in [0.2, 0.25) is 0 Å². The van der Waals surface area contributed by atoms with Gasteiger partial charge in [0.2, 0.25) is 0 Å². The average Bonchev–Trinajstić information content (AvgIpc) is 1.80. The fourth-order valence-electron chi connectivity index (χ4n) is 0.449. The van der Waals surface area contributed by atoms with Crippen LogP contribution in [-0.2, 0) is 4.79 Å². The van der Waals surface area contributed by atoms with E-state index in [4.69, 9.17) is 0 Å². The van der Waals surface area contributed by atoms with Gasteiger partial charge < -0.3 is 0 Å². The Morgan fingerprint density at radius 3 is 2.56 bits per heavy atom. The van der Waals surface area contributed by atoms with E-state index in [1.54, 1.807) is 13.0 Å². The maximum Gasteiger partial charge on any atom is 0.152 e. The summed E-state index contributed by atoms with van der Waals surface area (Å²) in [5.74, 6) is 0.111. The molecule has 0 radical (unpaired) electrons. The molecule has 0 aliphatic heterocycles. The quantitative estimate of drug-likeness (QED) is 0.416. The van der Waals surface area contributed by atoms with E-state index in [2.05, 4.69) is 0 Å². The smallest absolute Gasteiger partial charge is 0.152 e. The molecule has 0 aliphatic rings. The van der Waals surface area contributed by atoms with Gasteiger partial charge in [-0.1, -0.05) is 18.2 Å². The van der Waals surface area contributed by atoms with Crippen molar-refractivity contribution in [1.82, 2.24) is 0 Å². The fraction of sp³-hybridized carbons (Fsp3) is 0.375. The summed E-state index contributed by atoms with van der Waals surface area (Å²) in [6, 6.07) is 0. The Morgan fingerprint density at radius 2 is 2.11 bits per heavy atom. The van der Waals surface area contributed by atoms with Gasteiger partial charge in [0.05, 0.1) is 0 Å². The number of carbonyl (C=O) groups is 1. The zero-order valence-corrected chi connectivity index (χ0v) is 5.92. The number of rotatable bonds is 3. The molecule has 0 saturated carbocycles. The summed E-state index contributed by atoms with van der Waals surface area (Å²) in [6.45, 7) is 3.51. The molecule has 0 aromatic rings. The molecular weight excluding hydrogens is 112 g/mol. The average molecular weight is 124 g/mol. The van der Waals surface area contributed by atoms with Crippen LogP contribution in [0, 0.1) is 0 Å². The monoisotopic (exact) mass is 124 g/mol. The summed E-state index contributed by atoms with van der Waals surface area (Å²) in [4.78, 5) is 10.3. The lowest BCUT2D eigenvalue weighted by molar-refractivity contribution is -0.112. The van der Waals surface area contributed by atoms with E-state index in [1.807, 2.05) is 25.2 Å². The predicted octanol–water partition coefficient (Wildman–Crippen LogP) is 2.10. The van der Waals surface area contributed by atoms with Crippen LogP contribution in [0.4, 0.5) is 0 Å². The lowest BCUT2D eigenvalue weighted by Gasteiger charge is -1.77. The van der Waals surface area contributed by atoms with E-state index in [9.17, 15) is 4.79 Å². The maximum atomic E-state index is 10.3. The van der Waals surface area contributed by atoms with Gasteiger partial charge in [0.1, 0.15) is 0 Å². The van der Waals surface area contributed by atoms with Crippen molar-refractivity contribution in [3.8, 4) is 0 Å². The van der Waals surface area contributed by atoms with E-state index >= 15 is 0 Å². The Bertz CT molecular complexity index is 132. The second-order valence-corrected chi connectivity index (χ2v) is 1.82. The van der Waals surface area contributed by atoms with Crippen molar-refractivity contribution in [1.29, 1.82) is 0 Å². The number of ketones is 1. The summed E-state index contributed by atoms with van der Waals surface area (Å²) in [5, 5.41) is 0. The van der Waals surface area contributed by atoms with Gasteiger partial charge in [-0.3, -0.25) is 4.79 Å². The Morgan fingerprint density at radius 1 is 1.44 bits per heavy atom. The normalized spacial score (nSPS) is 11.3. The summed E-state index contributed by atoms with van der Waals surface area (Å²) in [5.41, 5.74) is 0. The second-order valence-electron chi connectivity index (χ2n) is 1.82. The summed E-state index contributed by atoms with van der Waals surface area (Å²) in [7, 11) is 0. The zero-order chi connectivity index (χ0) is 7.11. The number of allylic oxidation sites excluding steroid dienone is 4. The Kier molecular flexibility index (Phi) is 4.79. The first-order valence-electron chi connectivity index (χ1n) is 3.05. The molecule has 0 rings (SSSR count). The van der Waals surface area contributed by atoms with Crippen molar-refractivity contribution in [3.63, 3.8) is 0 Å². The Hall–Kier alpha value is -0.850. The minimum Gasteiger partial charge on any atom is -0.295 e. The minimum absolute atomic E-state index is 0.111. The number of hydrogen-bond acceptors (Lipinski definition) is 1. The zero-order valence-electron chi connectivity index (χ0n) is 5.92. The SMILES string of the molecule is CC=CC/C=C/C(C)=O. The molecule has 0 fully saturated rings. The van der Waals surface area contributed by atoms with E-state index in [1.165, 1.54) is 0 Å². The summed E-state index contributed by atoms with van der Waals surface area (Å²) in [6.07, 6.45) is 8.25. The molecule has 0 aliphatic carbocycles. The fourth-order valence-corrected chi connectivity index (χ4v) is 0.449. The largest absolute Gasteiger partial charge is 0.295 e. The minimum atomic E-state index is 0.111. The van der Waals surface area contributed by atoms with Crippen LogP contribution in [0.15, 0.2) is 24.3 Å². The Balaban J connectivity index is 3.36. The lowest BCUT2D eigenvalue weighted by atomic mass is 10.3. The standard InChI is InChI=1S/C8H12O/c1-3-4-5-6-7-8(2)9/h3-4,6-7H,5H2,1-2H3/b4-3?,7-6+. The van der Waals surface area contributed by atoms with Crippen molar-refractivity contribution < 1.29 is 4.79 Å². The van der Waals surface area contributed by atoms with Crippen molar-refractivity contribution in [2.45, 2.75) is 20.3 Å². The van der Waals surface area contributed by atoms with Crippen LogP contribution >= 0.6 is 0 Å². The highest BCUT2D eigenvalue weighted by molar-refractivity contribution is 5.87. The van der Waals surface area contributed by atoms with Crippen LogP contribution in [-0.4, -0.2) is 5.78 Å². The topological polar surface area (TPSA) is 17.1 Å². The molecule has 0 N–H and O–H groups in total. The third kappa shape index (κ3) is 7.15. The van der Waals surface area contributed by atoms with Gasteiger partial charge in [-0.15, -0.1) is 0 Å². The Labute approximate surface area is 56.1 Å². The first-order valence-corrected chi connectivity index (χ1v) is 3.05. The molecule has 0 saturated heterocycles. The third-order valence-corrected chi connectivity index (χ3v) is 0.860. The van der Waals surface area contributed by atoms with E-state index in [-0.39, 0.29) is 5.78 Å². The van der Waals surface area contributed by atoms with Crippen LogP contribution in [0.3, 0.4) is 0 Å². The molecule has 0 heterocycles. The van der Waals surface area contributed by atoms with Gasteiger partial charge >= 0.3 is 0 Å². The van der Waals surface area contributed by atoms with Gasteiger partial charge in [0.15, 0.2) is 5.78 Å². The molecule has 1 nitrogen and oxygen atoms in total. The highest BCUT2D eigenvalue weighted by atomic mass is 16.1. The van der Waals surface area contributed by atoms with Gasteiger partial charge in [-0.25, -0.2) is 0 Å². The maximum absolute atomic E-state index is 10.3. The van der Waals surface area contributed by atoms with Gasteiger partial charge in [0.25, 0.3) is 0 Å². The van der Waals surface area contributed by atoms with E-state index < -0.39 is 0 Å². The van der Waals surface area contributed by atoms with Gasteiger partial charge in [-0.2, -0.15) is 0 Å². The van der Waals surface area contributed by atoms with Crippen LogP contribution in [0.25, 0.3) is 0 Å². The highest BCUT2D eigenvalue weighted by Gasteiger charge is 1.77. The van der Waals surface area contributed by atoms with Crippen molar-refractivity contribution in [2.75, 3.05) is 0 Å². The lowest BCUT2D eigenvalue weighted by Crippen LogP contribution is -1.77. The summed E-state index contributed by atoms with van der Waals surface area (Å²) < 4.78 is 0. The van der Waals surface area contributed by atoms with Crippen molar-refractivity contribution in [3.05, 3.63) is 24.3 Å². The molecule has 0 aromatic heterocycles. The van der Waals surface area contributed by atoms with Gasteiger partial charge in [-0.05, 0) is 26.3 Å². The molecular formula is C8H12O. The second kappa shape index (κ2) is 5.29. The van der Waals surface area contributed by atoms with E-state index in [0.29, 0.717) is 0 Å². The van der Waals surface area contributed by atoms with Crippen molar-refractivity contribution >= 4 is 5.78 Å². The van der Waals surface area contributed by atoms with Crippen LogP contribution < -0.4 is 0 Å². The molecule has 0 bridgehead atoms. The summed E-state index contributed by atoms with van der Waals surface area (Å²) >= 11 is 0. The predicted molar refractivity (Wildman–Crippen MR) is 39.3 cm³/mol. The molecule has 50 valence electrons. The van der Waals surface area contributed by atoms with Crippen LogP contribution in [0.5, 0.6) is 0 Å². The first kappa shape index (κ1) is 8.15. The van der Waals surface area contributed by atoms with Gasteiger partial charge in [0, 0.05) is 0 Å². The highest BCUT2D eigenvalue weighted by Crippen LogP contribution is 1.85. The molecule has 0 amide bonds. The number of hydrogen-bond donors (Lipinski definition) is 0. The van der Waals surface area contributed by atoms with Crippen molar-refractivity contribution in [2.24, 2.45) is 0 Å². The number of carbonyl (C=O) groups excluding carboxylic acids is 1. The van der Waals surface area contributed by atoms with E-state index in [0.717, 1.165) is 6.42 Å². The molecule has 9 heavy (non-hydrogen) atoms. The molecule has 0 unspecified atom stereocenters.